The highest BCUT2D eigenvalue weighted by Gasteiger charge is 2.03. The van der Waals surface area contributed by atoms with Crippen LogP contribution >= 0.6 is 21.6 Å². The van der Waals surface area contributed by atoms with Gasteiger partial charge < -0.3 is 9.47 Å². The maximum atomic E-state index is 11.2. The molecule has 0 rings (SSSR count). The smallest absolute Gasteiger partial charge is 0.333 e. The molecule has 0 radical (unpaired) electrons. The lowest BCUT2D eigenvalue weighted by atomic mass is 10.1. The molecule has 34 heavy (non-hydrogen) atoms. The summed E-state index contributed by atoms with van der Waals surface area (Å²) in [6.07, 6.45) is 20.0. The molecule has 0 atom stereocenters. The van der Waals surface area contributed by atoms with E-state index < -0.39 is 0 Å². The van der Waals surface area contributed by atoms with Gasteiger partial charge in [-0.2, -0.15) is 0 Å². The molecule has 0 aromatic rings. The van der Waals surface area contributed by atoms with Gasteiger partial charge >= 0.3 is 11.9 Å². The van der Waals surface area contributed by atoms with E-state index in [4.69, 9.17) is 9.47 Å². The first-order valence-electron chi connectivity index (χ1n) is 13.3. The molecule has 0 N–H and O–H groups in total. The molecule has 0 saturated heterocycles. The van der Waals surface area contributed by atoms with Gasteiger partial charge in [0.1, 0.15) is 0 Å². The van der Waals surface area contributed by atoms with Crippen LogP contribution in [0.15, 0.2) is 24.3 Å². The predicted octanol–water partition coefficient (Wildman–Crippen LogP) is 8.85. The number of hydrogen-bond acceptors (Lipinski definition) is 6. The lowest BCUT2D eigenvalue weighted by molar-refractivity contribution is -0.139. The van der Waals surface area contributed by atoms with Crippen molar-refractivity contribution < 1.29 is 19.1 Å². The number of hydrogen-bond donors (Lipinski definition) is 0. The van der Waals surface area contributed by atoms with Gasteiger partial charge in [0.15, 0.2) is 0 Å². The van der Waals surface area contributed by atoms with Crippen LogP contribution in [0, 0.1) is 0 Å². The molecule has 0 saturated carbocycles. The van der Waals surface area contributed by atoms with Crippen molar-refractivity contribution in [3.05, 3.63) is 24.3 Å². The normalized spacial score (nSPS) is 10.8. The highest BCUT2D eigenvalue weighted by atomic mass is 33.1. The van der Waals surface area contributed by atoms with E-state index in [1.54, 1.807) is 13.8 Å². The Labute approximate surface area is 217 Å². The topological polar surface area (TPSA) is 52.6 Å². The minimum absolute atomic E-state index is 0.267. The summed E-state index contributed by atoms with van der Waals surface area (Å²) < 4.78 is 10.2. The summed E-state index contributed by atoms with van der Waals surface area (Å²) in [4.78, 5) is 22.5. The Morgan fingerprint density at radius 2 is 0.765 bits per heavy atom. The zero-order chi connectivity index (χ0) is 25.3. The maximum absolute atomic E-state index is 11.2. The van der Waals surface area contributed by atoms with Crippen LogP contribution in [0.25, 0.3) is 0 Å². The summed E-state index contributed by atoms with van der Waals surface area (Å²) >= 11 is 0. The summed E-state index contributed by atoms with van der Waals surface area (Å²) in [7, 11) is 4.09. The quantitative estimate of drug-likeness (QED) is 0.0525. The second kappa shape index (κ2) is 25.2. The first-order valence-corrected chi connectivity index (χ1v) is 15.8. The minimum atomic E-state index is -0.267. The van der Waals surface area contributed by atoms with E-state index in [1.165, 1.54) is 88.6 Å². The summed E-state index contributed by atoms with van der Waals surface area (Å²) in [5, 5.41) is 0. The second-order valence-corrected chi connectivity index (χ2v) is 11.8. The van der Waals surface area contributed by atoms with Gasteiger partial charge in [0.25, 0.3) is 0 Å². The molecule has 0 fully saturated rings. The van der Waals surface area contributed by atoms with Crippen LogP contribution in [0.2, 0.25) is 0 Å². The van der Waals surface area contributed by atoms with E-state index in [2.05, 4.69) is 13.2 Å². The van der Waals surface area contributed by atoms with E-state index in [9.17, 15) is 9.59 Å². The molecule has 0 aromatic carbocycles. The fourth-order valence-electron chi connectivity index (χ4n) is 3.34. The standard InChI is InChI=1S/C28H50O4S2/c1-25(2)27(29)31-21-17-13-9-5-7-11-15-19-23-33-34-24-20-16-12-8-6-10-14-18-22-32-28(30)26(3)4/h1,3,5-24H2,2,4H3. The van der Waals surface area contributed by atoms with Crippen molar-refractivity contribution in [2.45, 2.75) is 117 Å². The average Bonchev–Trinajstić information content (AvgIpc) is 2.81. The van der Waals surface area contributed by atoms with Crippen molar-refractivity contribution in [1.29, 1.82) is 0 Å². The Balaban J connectivity index is 3.11. The molecule has 0 aliphatic rings. The highest BCUT2D eigenvalue weighted by molar-refractivity contribution is 8.76. The molecule has 0 spiro atoms. The Morgan fingerprint density at radius 3 is 1.06 bits per heavy atom. The fraction of sp³-hybridized carbons (Fsp3) is 0.786. The van der Waals surface area contributed by atoms with Gasteiger partial charge in [-0.05, 0) is 39.5 Å². The van der Waals surface area contributed by atoms with Crippen molar-refractivity contribution in [1.82, 2.24) is 0 Å². The van der Waals surface area contributed by atoms with Crippen LogP contribution in [0.5, 0.6) is 0 Å². The van der Waals surface area contributed by atoms with Crippen molar-refractivity contribution in [2.24, 2.45) is 0 Å². The number of unbranched alkanes of at least 4 members (excludes halogenated alkanes) is 14. The van der Waals surface area contributed by atoms with Gasteiger partial charge in [-0.3, -0.25) is 0 Å². The first kappa shape index (κ1) is 33.1. The van der Waals surface area contributed by atoms with Crippen molar-refractivity contribution in [2.75, 3.05) is 24.7 Å². The molecule has 0 unspecified atom stereocenters. The van der Waals surface area contributed by atoms with Gasteiger partial charge in [0, 0.05) is 22.7 Å². The van der Waals surface area contributed by atoms with Gasteiger partial charge in [-0.15, -0.1) is 0 Å². The lowest BCUT2D eigenvalue weighted by Gasteiger charge is -2.05. The van der Waals surface area contributed by atoms with E-state index in [1.807, 2.05) is 21.6 Å². The largest absolute Gasteiger partial charge is 0.462 e. The lowest BCUT2D eigenvalue weighted by Crippen LogP contribution is -2.05. The fourth-order valence-corrected chi connectivity index (χ4v) is 5.64. The van der Waals surface area contributed by atoms with Crippen LogP contribution < -0.4 is 0 Å². The molecule has 0 aliphatic carbocycles. The van der Waals surface area contributed by atoms with Crippen molar-refractivity contribution in [3.8, 4) is 0 Å². The molecule has 0 bridgehead atoms. The number of carbonyl (C=O) groups excluding carboxylic acids is 2. The number of carbonyl (C=O) groups is 2. The van der Waals surface area contributed by atoms with Crippen molar-refractivity contribution in [3.63, 3.8) is 0 Å². The zero-order valence-electron chi connectivity index (χ0n) is 22.0. The molecule has 0 heterocycles. The zero-order valence-corrected chi connectivity index (χ0v) is 23.6. The van der Waals surface area contributed by atoms with Gasteiger partial charge in [0.2, 0.25) is 0 Å². The van der Waals surface area contributed by atoms with Crippen molar-refractivity contribution >= 4 is 33.5 Å². The Morgan fingerprint density at radius 1 is 0.500 bits per heavy atom. The third kappa shape index (κ3) is 24.3. The Hall–Kier alpha value is -0.880. The number of rotatable bonds is 25. The molecule has 0 aromatic heterocycles. The van der Waals surface area contributed by atoms with E-state index in [0.29, 0.717) is 24.4 Å². The third-order valence-corrected chi connectivity index (χ3v) is 8.07. The van der Waals surface area contributed by atoms with Crippen LogP contribution in [-0.4, -0.2) is 36.7 Å². The van der Waals surface area contributed by atoms with Crippen LogP contribution in [0.3, 0.4) is 0 Å². The van der Waals surface area contributed by atoms with Gasteiger partial charge in [-0.25, -0.2) is 9.59 Å². The Kier molecular flexibility index (Phi) is 24.6. The minimum Gasteiger partial charge on any atom is -0.462 e. The SMILES string of the molecule is C=C(C)C(=O)OCCCCCCCCCCSSCCCCCCCCCCOC(=O)C(=C)C. The van der Waals surface area contributed by atoms with E-state index in [-0.39, 0.29) is 11.9 Å². The summed E-state index contributed by atoms with van der Waals surface area (Å²) in [5.74, 6) is 2.02. The molecular formula is C28H50O4S2. The van der Waals surface area contributed by atoms with Gasteiger partial charge in [-0.1, -0.05) is 112 Å². The second-order valence-electron chi connectivity index (χ2n) is 9.13. The number of ether oxygens (including phenoxy) is 2. The van der Waals surface area contributed by atoms with Crippen LogP contribution in [-0.2, 0) is 19.1 Å². The highest BCUT2D eigenvalue weighted by Crippen LogP contribution is 2.25. The Bertz CT molecular complexity index is 501. The van der Waals surface area contributed by atoms with Crippen LogP contribution in [0.1, 0.15) is 117 Å². The maximum Gasteiger partial charge on any atom is 0.333 e. The van der Waals surface area contributed by atoms with Crippen LogP contribution in [0.4, 0.5) is 0 Å². The van der Waals surface area contributed by atoms with Gasteiger partial charge in [0.05, 0.1) is 13.2 Å². The monoisotopic (exact) mass is 514 g/mol. The van der Waals surface area contributed by atoms with E-state index >= 15 is 0 Å². The summed E-state index contributed by atoms with van der Waals surface area (Å²) in [6.45, 7) is 11.6. The third-order valence-electron chi connectivity index (χ3n) is 5.49. The molecule has 6 heteroatoms. The predicted molar refractivity (Wildman–Crippen MR) is 150 cm³/mol. The summed E-state index contributed by atoms with van der Waals surface area (Å²) in [6, 6.07) is 0. The van der Waals surface area contributed by atoms with E-state index in [0.717, 1.165) is 25.7 Å². The number of esters is 2. The molecular weight excluding hydrogens is 464 g/mol. The summed E-state index contributed by atoms with van der Waals surface area (Å²) in [5.41, 5.74) is 0.960. The average molecular weight is 515 g/mol. The molecule has 0 amide bonds. The molecule has 198 valence electrons. The first-order chi connectivity index (χ1) is 16.4. The molecule has 4 nitrogen and oxygen atoms in total. The molecule has 0 aliphatic heterocycles.